The number of amides is 1. The van der Waals surface area contributed by atoms with Gasteiger partial charge >= 0.3 is 6.36 Å². The highest BCUT2D eigenvalue weighted by atomic mass is 35.5. The van der Waals surface area contributed by atoms with Crippen molar-refractivity contribution < 1.29 is 32.6 Å². The van der Waals surface area contributed by atoms with Gasteiger partial charge in [-0.15, -0.1) is 13.2 Å². The van der Waals surface area contributed by atoms with Gasteiger partial charge in [-0.05, 0) is 36.2 Å². The van der Waals surface area contributed by atoms with E-state index in [1.165, 1.54) is 18.2 Å². The molecule has 2 unspecified atom stereocenters. The molecule has 3 rings (SSSR count). The highest BCUT2D eigenvalue weighted by molar-refractivity contribution is 6.63. The molecule has 1 saturated heterocycles. The van der Waals surface area contributed by atoms with Crippen LogP contribution in [0.5, 0.6) is 5.75 Å². The molecule has 2 aromatic rings. The molecule has 1 amide bonds. The van der Waals surface area contributed by atoms with Gasteiger partial charge in [0.25, 0.3) is 0 Å². The zero-order valence-corrected chi connectivity index (χ0v) is 19.1. The quantitative estimate of drug-likeness (QED) is 0.563. The molecule has 2 aromatic carbocycles. The zero-order chi connectivity index (χ0) is 24.8. The van der Waals surface area contributed by atoms with Crippen molar-refractivity contribution in [2.45, 2.75) is 44.7 Å². The standard InChI is InChI=1S/C19H18ClF3N2O3.C3H5ClO/c20-15-9-11(25-8-7-12(26)10-16(25)18(24)27)5-6-13(15)14-3-1-2-4-17(14)28-19(21,22)23;1-2-3(4)5/h1-6,9,12,16,26H,7-8,10H2,(H2,24,27);2H2,1H3. The minimum Gasteiger partial charge on any atom is -0.405 e. The summed E-state index contributed by atoms with van der Waals surface area (Å²) < 4.78 is 42.1. The molecule has 0 radical (unpaired) electrons. The Labute approximate surface area is 199 Å². The molecule has 1 heterocycles. The number of aliphatic hydroxyl groups excluding tert-OH is 1. The first-order chi connectivity index (χ1) is 15.4. The Morgan fingerprint density at radius 2 is 1.85 bits per heavy atom. The number of aliphatic hydroxyl groups is 1. The summed E-state index contributed by atoms with van der Waals surface area (Å²) in [5.74, 6) is -0.927. The van der Waals surface area contributed by atoms with Gasteiger partial charge in [0.15, 0.2) is 0 Å². The predicted octanol–water partition coefficient (Wildman–Crippen LogP) is 4.88. The van der Waals surface area contributed by atoms with Crippen molar-refractivity contribution in [3.8, 4) is 16.9 Å². The van der Waals surface area contributed by atoms with E-state index in [1.807, 2.05) is 0 Å². The minimum atomic E-state index is -4.83. The summed E-state index contributed by atoms with van der Waals surface area (Å²) in [6.07, 6.45) is -4.34. The summed E-state index contributed by atoms with van der Waals surface area (Å²) in [5.41, 5.74) is 6.59. The van der Waals surface area contributed by atoms with Gasteiger partial charge < -0.3 is 20.5 Å². The van der Waals surface area contributed by atoms with Gasteiger partial charge in [-0.1, -0.05) is 42.8 Å². The molecule has 0 aromatic heterocycles. The number of nitrogens with two attached hydrogens (primary N) is 1. The van der Waals surface area contributed by atoms with Crippen molar-refractivity contribution in [1.82, 2.24) is 0 Å². The van der Waals surface area contributed by atoms with E-state index in [0.717, 1.165) is 0 Å². The Balaban J connectivity index is 0.000000696. The Bertz CT molecular complexity index is 988. The predicted molar refractivity (Wildman–Crippen MR) is 120 cm³/mol. The molecule has 11 heteroatoms. The largest absolute Gasteiger partial charge is 0.573 e. The second kappa shape index (κ2) is 11.6. The van der Waals surface area contributed by atoms with Crippen LogP contribution in [0.15, 0.2) is 42.5 Å². The van der Waals surface area contributed by atoms with Crippen molar-refractivity contribution in [2.24, 2.45) is 5.73 Å². The number of piperidine rings is 1. The lowest BCUT2D eigenvalue weighted by atomic mass is 9.97. The number of nitrogens with zero attached hydrogens (tertiary/aromatic N) is 1. The van der Waals surface area contributed by atoms with Gasteiger partial charge in [-0.25, -0.2) is 0 Å². The number of primary amides is 1. The third-order valence-electron chi connectivity index (χ3n) is 4.87. The molecule has 0 bridgehead atoms. The number of carbonyl (C=O) groups is 2. The molecular weight excluding hydrogens is 484 g/mol. The molecule has 180 valence electrons. The van der Waals surface area contributed by atoms with Crippen LogP contribution in [0.25, 0.3) is 11.1 Å². The normalized spacial score (nSPS) is 18.2. The van der Waals surface area contributed by atoms with Crippen LogP contribution in [0.3, 0.4) is 0 Å². The molecular formula is C22H23Cl2F3N2O4. The number of benzene rings is 2. The Morgan fingerprint density at radius 1 is 1.21 bits per heavy atom. The lowest BCUT2D eigenvalue weighted by molar-refractivity contribution is -0.274. The maximum Gasteiger partial charge on any atom is 0.573 e. The minimum absolute atomic E-state index is 0.192. The summed E-state index contributed by atoms with van der Waals surface area (Å²) in [4.78, 5) is 23.1. The van der Waals surface area contributed by atoms with E-state index >= 15 is 0 Å². The molecule has 6 nitrogen and oxygen atoms in total. The average Bonchev–Trinajstić information content (AvgIpc) is 2.73. The molecule has 2 atom stereocenters. The van der Waals surface area contributed by atoms with Gasteiger partial charge in [-0.3, -0.25) is 9.59 Å². The number of ether oxygens (including phenoxy) is 1. The SMILES string of the molecule is CCC(=O)Cl.NC(=O)C1CC(O)CCN1c1ccc(-c2ccccc2OC(F)(F)F)c(Cl)c1. The summed E-state index contributed by atoms with van der Waals surface area (Å²) in [6.45, 7) is 2.12. The summed E-state index contributed by atoms with van der Waals surface area (Å²) >= 11 is 11.2. The number of rotatable bonds is 5. The van der Waals surface area contributed by atoms with Gasteiger partial charge in [0.05, 0.1) is 11.1 Å². The van der Waals surface area contributed by atoms with E-state index in [9.17, 15) is 27.9 Å². The van der Waals surface area contributed by atoms with Crippen LogP contribution in [0.2, 0.25) is 5.02 Å². The number of carbonyl (C=O) groups excluding carboxylic acids is 2. The van der Waals surface area contributed by atoms with Gasteiger partial charge in [0.2, 0.25) is 11.1 Å². The van der Waals surface area contributed by atoms with Crippen LogP contribution in [-0.2, 0) is 9.59 Å². The van der Waals surface area contributed by atoms with E-state index < -0.39 is 24.4 Å². The third-order valence-corrected chi connectivity index (χ3v) is 5.45. The zero-order valence-electron chi connectivity index (χ0n) is 17.6. The monoisotopic (exact) mass is 506 g/mol. The molecule has 1 fully saturated rings. The Kier molecular flexibility index (Phi) is 9.39. The number of hydrogen-bond donors (Lipinski definition) is 2. The number of para-hydroxylation sites is 1. The van der Waals surface area contributed by atoms with Crippen LogP contribution < -0.4 is 15.4 Å². The molecule has 0 aliphatic carbocycles. The number of alkyl halides is 3. The van der Waals surface area contributed by atoms with E-state index in [-0.39, 0.29) is 28.0 Å². The first-order valence-corrected chi connectivity index (χ1v) is 10.8. The lowest BCUT2D eigenvalue weighted by Crippen LogP contribution is -2.51. The van der Waals surface area contributed by atoms with Crippen molar-refractivity contribution in [3.63, 3.8) is 0 Å². The third kappa shape index (κ3) is 7.80. The summed E-state index contributed by atoms with van der Waals surface area (Å²) in [6, 6.07) is 9.80. The fraction of sp³-hybridized carbons (Fsp3) is 0.364. The molecule has 0 spiro atoms. The summed E-state index contributed by atoms with van der Waals surface area (Å²) in [5, 5.41) is 9.72. The second-order valence-corrected chi connectivity index (χ2v) is 8.04. The van der Waals surface area contributed by atoms with Crippen LogP contribution >= 0.6 is 23.2 Å². The topological polar surface area (TPSA) is 92.9 Å². The number of anilines is 1. The molecule has 0 saturated carbocycles. The fourth-order valence-electron chi connectivity index (χ4n) is 3.33. The lowest BCUT2D eigenvalue weighted by Gasteiger charge is -2.37. The van der Waals surface area contributed by atoms with Crippen LogP contribution in [0, 0.1) is 0 Å². The first kappa shape index (κ1) is 26.8. The van der Waals surface area contributed by atoms with Crippen molar-refractivity contribution >= 4 is 40.0 Å². The first-order valence-electron chi connectivity index (χ1n) is 10.00. The highest BCUT2D eigenvalue weighted by Gasteiger charge is 2.33. The van der Waals surface area contributed by atoms with E-state index in [0.29, 0.717) is 30.6 Å². The smallest absolute Gasteiger partial charge is 0.405 e. The molecule has 33 heavy (non-hydrogen) atoms. The van der Waals surface area contributed by atoms with E-state index in [2.05, 4.69) is 4.74 Å². The highest BCUT2D eigenvalue weighted by Crippen LogP contribution is 2.39. The maximum absolute atomic E-state index is 12.7. The van der Waals surface area contributed by atoms with Crippen LogP contribution in [0.4, 0.5) is 18.9 Å². The maximum atomic E-state index is 12.7. The van der Waals surface area contributed by atoms with Crippen molar-refractivity contribution in [1.29, 1.82) is 0 Å². The molecule has 3 N–H and O–H groups in total. The van der Waals surface area contributed by atoms with E-state index in [4.69, 9.17) is 28.9 Å². The number of halogens is 5. The molecule has 1 aliphatic rings. The van der Waals surface area contributed by atoms with Crippen molar-refractivity contribution in [3.05, 3.63) is 47.5 Å². The van der Waals surface area contributed by atoms with E-state index in [1.54, 1.807) is 36.1 Å². The summed E-state index contributed by atoms with van der Waals surface area (Å²) in [7, 11) is 0. The second-order valence-electron chi connectivity index (χ2n) is 7.21. The van der Waals surface area contributed by atoms with Crippen LogP contribution in [-0.4, -0.2) is 41.3 Å². The fourth-order valence-corrected chi connectivity index (χ4v) is 3.61. The average molecular weight is 507 g/mol. The van der Waals surface area contributed by atoms with Gasteiger partial charge in [0.1, 0.15) is 11.8 Å². The Morgan fingerprint density at radius 3 is 2.39 bits per heavy atom. The van der Waals surface area contributed by atoms with Crippen molar-refractivity contribution in [2.75, 3.05) is 11.4 Å². The number of hydrogen-bond acceptors (Lipinski definition) is 5. The van der Waals surface area contributed by atoms with Gasteiger partial charge in [0, 0.05) is 36.2 Å². The van der Waals surface area contributed by atoms with Gasteiger partial charge in [-0.2, -0.15) is 0 Å². The molecule has 1 aliphatic heterocycles. The van der Waals surface area contributed by atoms with Crippen LogP contribution in [0.1, 0.15) is 26.2 Å². The Hall–Kier alpha value is -2.49.